The Morgan fingerprint density at radius 2 is 2.00 bits per heavy atom. The maximum Gasteiger partial charge on any atom is 0.176 e. The van der Waals surface area contributed by atoms with Gasteiger partial charge in [-0.3, -0.25) is 0 Å². The van der Waals surface area contributed by atoms with Crippen molar-refractivity contribution in [2.45, 2.75) is 6.42 Å². The van der Waals surface area contributed by atoms with E-state index in [1.54, 1.807) is 14.2 Å². The van der Waals surface area contributed by atoms with E-state index >= 15 is 0 Å². The maximum atomic E-state index is 5.47. The summed E-state index contributed by atoms with van der Waals surface area (Å²) in [4.78, 5) is 0. The zero-order valence-corrected chi connectivity index (χ0v) is 10.7. The Bertz CT molecular complexity index is 480. The molecular weight excluding hydrogens is 226 g/mol. The Hall–Kier alpha value is -2.10. The van der Waals surface area contributed by atoms with Crippen molar-refractivity contribution in [3.63, 3.8) is 0 Å². The van der Waals surface area contributed by atoms with E-state index in [1.807, 2.05) is 12.1 Å². The fraction of sp³-hybridized carbons (Fsp3) is 0.333. The van der Waals surface area contributed by atoms with Crippen molar-refractivity contribution in [2.75, 3.05) is 27.3 Å². The lowest BCUT2D eigenvalue weighted by molar-refractivity contribution is 0.353. The second-order valence-corrected chi connectivity index (χ2v) is 3.65. The third kappa shape index (κ3) is 3.45. The molecule has 0 aliphatic carbocycles. The Labute approximate surface area is 108 Å². The van der Waals surface area contributed by atoms with Crippen LogP contribution in [0.1, 0.15) is 11.1 Å². The zero-order chi connectivity index (χ0) is 13.4. The molecule has 0 heterocycles. The predicted molar refractivity (Wildman–Crippen MR) is 72.9 cm³/mol. The van der Waals surface area contributed by atoms with Crippen LogP contribution in [0.15, 0.2) is 12.1 Å². The number of ether oxygens (including phenoxy) is 2. The zero-order valence-electron chi connectivity index (χ0n) is 10.7. The van der Waals surface area contributed by atoms with Gasteiger partial charge in [0.15, 0.2) is 11.5 Å². The molecule has 3 nitrogen and oxygen atoms in total. The van der Waals surface area contributed by atoms with Crippen molar-refractivity contribution in [3.05, 3.63) is 23.3 Å². The summed E-state index contributed by atoms with van der Waals surface area (Å²) in [6.07, 6.45) is 11.5. The molecule has 0 bridgehead atoms. The highest BCUT2D eigenvalue weighted by Gasteiger charge is 2.10. The molecule has 0 saturated heterocycles. The molecule has 1 rings (SSSR count). The first-order valence-corrected chi connectivity index (χ1v) is 5.62. The standard InChI is InChI=1S/C15H17NO2/c1-5-8-16-9-7-12-10-13(6-2)15(18-4)14(11-12)17-3/h1-2,10-11,16H,7-9H2,3-4H3. The molecule has 1 aromatic rings. The van der Waals surface area contributed by atoms with Crippen molar-refractivity contribution < 1.29 is 9.47 Å². The lowest BCUT2D eigenvalue weighted by Gasteiger charge is -2.12. The van der Waals surface area contributed by atoms with Crippen LogP contribution in [0.2, 0.25) is 0 Å². The summed E-state index contributed by atoms with van der Waals surface area (Å²) < 4.78 is 10.5. The van der Waals surface area contributed by atoms with Gasteiger partial charge in [-0.1, -0.05) is 11.8 Å². The third-order valence-electron chi connectivity index (χ3n) is 2.51. The Kier molecular flexibility index (Phi) is 5.64. The third-order valence-corrected chi connectivity index (χ3v) is 2.51. The van der Waals surface area contributed by atoms with Gasteiger partial charge in [-0.05, 0) is 24.1 Å². The van der Waals surface area contributed by atoms with Gasteiger partial charge in [0.2, 0.25) is 0 Å². The summed E-state index contributed by atoms with van der Waals surface area (Å²) in [5.74, 6) is 6.38. The van der Waals surface area contributed by atoms with Crippen LogP contribution < -0.4 is 14.8 Å². The fourth-order valence-corrected chi connectivity index (χ4v) is 1.67. The average molecular weight is 243 g/mol. The van der Waals surface area contributed by atoms with Gasteiger partial charge in [-0.2, -0.15) is 0 Å². The van der Waals surface area contributed by atoms with Crippen LogP contribution in [0.5, 0.6) is 11.5 Å². The molecule has 0 unspecified atom stereocenters. The molecule has 1 aromatic carbocycles. The minimum Gasteiger partial charge on any atom is -0.493 e. The van der Waals surface area contributed by atoms with E-state index in [1.165, 1.54) is 0 Å². The maximum absolute atomic E-state index is 5.47. The first kappa shape index (κ1) is 14.0. The summed E-state index contributed by atoms with van der Waals surface area (Å²) in [5, 5.41) is 3.13. The number of methoxy groups -OCH3 is 2. The van der Waals surface area contributed by atoms with E-state index in [0.29, 0.717) is 23.6 Å². The molecule has 0 radical (unpaired) electrons. The molecule has 0 aliphatic heterocycles. The van der Waals surface area contributed by atoms with Crippen molar-refractivity contribution in [3.8, 4) is 36.2 Å². The first-order valence-electron chi connectivity index (χ1n) is 5.62. The van der Waals surface area contributed by atoms with E-state index in [0.717, 1.165) is 18.5 Å². The van der Waals surface area contributed by atoms with Crippen LogP contribution in [0.3, 0.4) is 0 Å². The van der Waals surface area contributed by atoms with E-state index in [-0.39, 0.29) is 0 Å². The summed E-state index contributed by atoms with van der Waals surface area (Å²) in [6.45, 7) is 1.36. The normalized spacial score (nSPS) is 9.33. The van der Waals surface area contributed by atoms with Crippen molar-refractivity contribution in [2.24, 2.45) is 0 Å². The largest absolute Gasteiger partial charge is 0.493 e. The predicted octanol–water partition coefficient (Wildman–Crippen LogP) is 1.45. The van der Waals surface area contributed by atoms with Gasteiger partial charge in [0.25, 0.3) is 0 Å². The van der Waals surface area contributed by atoms with Crippen LogP contribution in [-0.2, 0) is 6.42 Å². The van der Waals surface area contributed by atoms with Gasteiger partial charge >= 0.3 is 0 Å². The average Bonchev–Trinajstić information content (AvgIpc) is 2.42. The second-order valence-electron chi connectivity index (χ2n) is 3.65. The van der Waals surface area contributed by atoms with Crippen LogP contribution in [0.4, 0.5) is 0 Å². The molecule has 18 heavy (non-hydrogen) atoms. The van der Waals surface area contributed by atoms with E-state index in [2.05, 4.69) is 17.2 Å². The molecule has 0 spiro atoms. The molecule has 0 saturated carbocycles. The minimum atomic E-state index is 0.565. The topological polar surface area (TPSA) is 30.5 Å². The Morgan fingerprint density at radius 3 is 2.56 bits per heavy atom. The highest BCUT2D eigenvalue weighted by Crippen LogP contribution is 2.32. The molecule has 0 aromatic heterocycles. The highest BCUT2D eigenvalue weighted by atomic mass is 16.5. The number of hydrogen-bond acceptors (Lipinski definition) is 3. The van der Waals surface area contributed by atoms with Gasteiger partial charge in [0.05, 0.1) is 26.3 Å². The summed E-state index contributed by atoms with van der Waals surface area (Å²) in [5.41, 5.74) is 1.79. The molecule has 94 valence electrons. The molecule has 0 amide bonds. The number of nitrogens with one attached hydrogen (secondary N) is 1. The van der Waals surface area contributed by atoms with E-state index < -0.39 is 0 Å². The molecule has 0 fully saturated rings. The lowest BCUT2D eigenvalue weighted by Crippen LogP contribution is -2.17. The minimum absolute atomic E-state index is 0.565. The van der Waals surface area contributed by atoms with Crippen LogP contribution in [-0.4, -0.2) is 27.3 Å². The Morgan fingerprint density at radius 1 is 1.22 bits per heavy atom. The number of terminal acetylenes is 2. The summed E-state index contributed by atoms with van der Waals surface area (Å²) in [7, 11) is 3.17. The van der Waals surface area contributed by atoms with Crippen LogP contribution in [0.25, 0.3) is 0 Å². The van der Waals surface area contributed by atoms with E-state index in [9.17, 15) is 0 Å². The van der Waals surface area contributed by atoms with Crippen LogP contribution >= 0.6 is 0 Å². The number of rotatable bonds is 6. The Balaban J connectivity index is 2.88. The van der Waals surface area contributed by atoms with Crippen LogP contribution in [0, 0.1) is 24.7 Å². The fourth-order valence-electron chi connectivity index (χ4n) is 1.67. The summed E-state index contributed by atoms with van der Waals surface area (Å²) >= 11 is 0. The van der Waals surface area contributed by atoms with Crippen molar-refractivity contribution >= 4 is 0 Å². The second kappa shape index (κ2) is 7.27. The molecule has 0 aliphatic rings. The smallest absolute Gasteiger partial charge is 0.176 e. The quantitative estimate of drug-likeness (QED) is 0.606. The molecular formula is C15H17NO2. The highest BCUT2D eigenvalue weighted by molar-refractivity contribution is 5.56. The first-order chi connectivity index (χ1) is 8.76. The van der Waals surface area contributed by atoms with Gasteiger partial charge in [0, 0.05) is 6.54 Å². The molecule has 1 N–H and O–H groups in total. The van der Waals surface area contributed by atoms with Gasteiger partial charge in [-0.15, -0.1) is 12.8 Å². The van der Waals surface area contributed by atoms with Gasteiger partial charge in [0.1, 0.15) is 0 Å². The summed E-state index contributed by atoms with van der Waals surface area (Å²) in [6, 6.07) is 3.86. The molecule has 0 atom stereocenters. The SMILES string of the molecule is C#CCNCCc1cc(C#C)c(OC)c(OC)c1. The van der Waals surface area contributed by atoms with Gasteiger partial charge in [-0.25, -0.2) is 0 Å². The van der Waals surface area contributed by atoms with Crippen molar-refractivity contribution in [1.82, 2.24) is 5.32 Å². The number of hydrogen-bond donors (Lipinski definition) is 1. The number of benzene rings is 1. The van der Waals surface area contributed by atoms with E-state index in [4.69, 9.17) is 22.3 Å². The monoisotopic (exact) mass is 243 g/mol. The van der Waals surface area contributed by atoms with Crippen molar-refractivity contribution in [1.29, 1.82) is 0 Å². The lowest BCUT2D eigenvalue weighted by atomic mass is 10.1. The molecule has 3 heteroatoms. The van der Waals surface area contributed by atoms with Gasteiger partial charge < -0.3 is 14.8 Å².